The van der Waals surface area contributed by atoms with Crippen LogP contribution in [-0.2, 0) is 13.0 Å². The lowest BCUT2D eigenvalue weighted by Crippen LogP contribution is -2.23. The number of aromatic nitrogens is 1. The van der Waals surface area contributed by atoms with Gasteiger partial charge in [0.05, 0.1) is 0 Å². The Balaban J connectivity index is 2.41. The first kappa shape index (κ1) is 12.2. The summed E-state index contributed by atoms with van der Waals surface area (Å²) in [5.74, 6) is 0. The molecular formula is C15H22N2. The summed E-state index contributed by atoms with van der Waals surface area (Å²) in [5.41, 5.74) is 4.12. The van der Waals surface area contributed by atoms with Crippen LogP contribution in [0.5, 0.6) is 0 Å². The van der Waals surface area contributed by atoms with E-state index in [1.54, 1.807) is 0 Å². The Morgan fingerprint density at radius 3 is 2.71 bits per heavy atom. The molecule has 1 heterocycles. The van der Waals surface area contributed by atoms with Gasteiger partial charge in [0.25, 0.3) is 0 Å². The lowest BCUT2D eigenvalue weighted by atomic mass is 10.1. The highest BCUT2D eigenvalue weighted by Crippen LogP contribution is 2.21. The summed E-state index contributed by atoms with van der Waals surface area (Å²) >= 11 is 0. The van der Waals surface area contributed by atoms with E-state index < -0.39 is 0 Å². The van der Waals surface area contributed by atoms with E-state index in [1.165, 1.54) is 22.2 Å². The van der Waals surface area contributed by atoms with Crippen molar-refractivity contribution in [3.63, 3.8) is 0 Å². The fourth-order valence-electron chi connectivity index (χ4n) is 2.44. The summed E-state index contributed by atoms with van der Waals surface area (Å²) in [6.45, 7) is 7.64. The Morgan fingerprint density at radius 2 is 2.06 bits per heavy atom. The topological polar surface area (TPSA) is 17.0 Å². The maximum atomic E-state index is 3.29. The summed E-state index contributed by atoms with van der Waals surface area (Å²) in [6, 6.07) is 9.62. The fourth-order valence-corrected chi connectivity index (χ4v) is 2.44. The molecule has 2 rings (SSSR count). The number of nitrogens with zero attached hydrogens (tertiary/aromatic N) is 1. The second-order valence-electron chi connectivity index (χ2n) is 4.82. The Morgan fingerprint density at radius 1 is 1.29 bits per heavy atom. The largest absolute Gasteiger partial charge is 0.345 e. The lowest BCUT2D eigenvalue weighted by molar-refractivity contribution is 0.608. The fraction of sp³-hybridized carbons (Fsp3) is 0.467. The summed E-state index contributed by atoms with van der Waals surface area (Å²) in [6.07, 6.45) is 1.08. The van der Waals surface area contributed by atoms with Crippen LogP contribution in [0.1, 0.15) is 25.1 Å². The quantitative estimate of drug-likeness (QED) is 0.854. The standard InChI is InChI=1S/C15H22N2/c1-5-17-12(3)9-14-7-6-13(10-15(14)17)8-11(2)16-4/h6-7,9-11,16H,5,8H2,1-4H3. The van der Waals surface area contributed by atoms with Crippen LogP contribution < -0.4 is 5.32 Å². The molecule has 0 bridgehead atoms. The molecule has 92 valence electrons. The maximum absolute atomic E-state index is 3.29. The SMILES string of the molecule is CCn1c(C)cc2ccc(CC(C)NC)cc21. The van der Waals surface area contributed by atoms with Gasteiger partial charge in [-0.05, 0) is 57.3 Å². The first-order valence-corrected chi connectivity index (χ1v) is 6.41. The summed E-state index contributed by atoms with van der Waals surface area (Å²) in [4.78, 5) is 0. The van der Waals surface area contributed by atoms with Crippen LogP contribution in [0.15, 0.2) is 24.3 Å². The number of benzene rings is 1. The second kappa shape index (κ2) is 4.92. The molecule has 1 atom stereocenters. The molecule has 0 aliphatic rings. The zero-order valence-electron chi connectivity index (χ0n) is 11.2. The number of rotatable bonds is 4. The van der Waals surface area contributed by atoms with Gasteiger partial charge in [-0.2, -0.15) is 0 Å². The van der Waals surface area contributed by atoms with E-state index in [4.69, 9.17) is 0 Å². The Hall–Kier alpha value is -1.28. The lowest BCUT2D eigenvalue weighted by Gasteiger charge is -2.11. The van der Waals surface area contributed by atoms with Gasteiger partial charge >= 0.3 is 0 Å². The minimum absolute atomic E-state index is 0.526. The van der Waals surface area contributed by atoms with E-state index in [0.29, 0.717) is 6.04 Å². The normalized spacial score (nSPS) is 13.2. The van der Waals surface area contributed by atoms with E-state index in [9.17, 15) is 0 Å². The van der Waals surface area contributed by atoms with Gasteiger partial charge in [-0.3, -0.25) is 0 Å². The Kier molecular flexibility index (Phi) is 3.53. The van der Waals surface area contributed by atoms with Crippen molar-refractivity contribution in [3.8, 4) is 0 Å². The van der Waals surface area contributed by atoms with Gasteiger partial charge in [0, 0.05) is 23.8 Å². The molecule has 1 aromatic carbocycles. The van der Waals surface area contributed by atoms with E-state index in [2.05, 4.69) is 54.9 Å². The van der Waals surface area contributed by atoms with Crippen LogP contribution >= 0.6 is 0 Å². The van der Waals surface area contributed by atoms with Crippen molar-refractivity contribution in [2.75, 3.05) is 7.05 Å². The van der Waals surface area contributed by atoms with Gasteiger partial charge in [-0.1, -0.05) is 12.1 Å². The molecule has 2 aromatic rings. The summed E-state index contributed by atoms with van der Waals surface area (Å²) in [7, 11) is 2.02. The van der Waals surface area contributed by atoms with Crippen molar-refractivity contribution in [2.24, 2.45) is 0 Å². The number of aryl methyl sites for hydroxylation is 2. The molecule has 2 nitrogen and oxygen atoms in total. The Bertz CT molecular complexity index is 511. The van der Waals surface area contributed by atoms with Gasteiger partial charge < -0.3 is 9.88 Å². The molecule has 0 aliphatic carbocycles. The molecular weight excluding hydrogens is 208 g/mol. The zero-order chi connectivity index (χ0) is 12.4. The van der Waals surface area contributed by atoms with Crippen LogP contribution in [0.3, 0.4) is 0 Å². The van der Waals surface area contributed by atoms with Crippen LogP contribution in [-0.4, -0.2) is 17.7 Å². The van der Waals surface area contributed by atoms with E-state index in [0.717, 1.165) is 13.0 Å². The third-order valence-electron chi connectivity index (χ3n) is 3.53. The van der Waals surface area contributed by atoms with Crippen LogP contribution in [0.4, 0.5) is 0 Å². The molecule has 2 heteroatoms. The average Bonchev–Trinajstić information content (AvgIpc) is 2.63. The third-order valence-corrected chi connectivity index (χ3v) is 3.53. The molecule has 0 amide bonds. The highest BCUT2D eigenvalue weighted by atomic mass is 15.0. The van der Waals surface area contributed by atoms with E-state index >= 15 is 0 Å². The molecule has 1 aromatic heterocycles. The molecule has 1 unspecified atom stereocenters. The first-order valence-electron chi connectivity index (χ1n) is 6.41. The van der Waals surface area contributed by atoms with Crippen LogP contribution in [0, 0.1) is 6.92 Å². The van der Waals surface area contributed by atoms with Crippen molar-refractivity contribution in [3.05, 3.63) is 35.5 Å². The molecule has 17 heavy (non-hydrogen) atoms. The second-order valence-corrected chi connectivity index (χ2v) is 4.82. The smallest absolute Gasteiger partial charge is 0.0485 e. The van der Waals surface area contributed by atoms with Gasteiger partial charge in [0.2, 0.25) is 0 Å². The highest BCUT2D eigenvalue weighted by Gasteiger charge is 2.06. The molecule has 0 aliphatic heterocycles. The van der Waals surface area contributed by atoms with Crippen LogP contribution in [0.2, 0.25) is 0 Å². The monoisotopic (exact) mass is 230 g/mol. The van der Waals surface area contributed by atoms with Gasteiger partial charge in [-0.25, -0.2) is 0 Å². The summed E-state index contributed by atoms with van der Waals surface area (Å²) < 4.78 is 2.38. The Labute approximate surface area is 104 Å². The number of fused-ring (bicyclic) bond motifs is 1. The third kappa shape index (κ3) is 2.37. The number of hydrogen-bond acceptors (Lipinski definition) is 1. The van der Waals surface area contributed by atoms with Crippen molar-refractivity contribution in [1.82, 2.24) is 9.88 Å². The molecule has 0 fully saturated rings. The number of likely N-dealkylation sites (N-methyl/N-ethyl adjacent to an activating group) is 1. The molecule has 0 radical (unpaired) electrons. The van der Waals surface area contributed by atoms with E-state index in [-0.39, 0.29) is 0 Å². The van der Waals surface area contributed by atoms with E-state index in [1.807, 2.05) is 7.05 Å². The van der Waals surface area contributed by atoms with Gasteiger partial charge in [0.1, 0.15) is 0 Å². The van der Waals surface area contributed by atoms with Gasteiger partial charge in [-0.15, -0.1) is 0 Å². The molecule has 1 N–H and O–H groups in total. The highest BCUT2D eigenvalue weighted by molar-refractivity contribution is 5.82. The van der Waals surface area contributed by atoms with Gasteiger partial charge in [0.15, 0.2) is 0 Å². The predicted molar refractivity (Wildman–Crippen MR) is 74.6 cm³/mol. The first-order chi connectivity index (χ1) is 8.15. The zero-order valence-corrected chi connectivity index (χ0v) is 11.2. The molecule has 0 saturated heterocycles. The van der Waals surface area contributed by atoms with Crippen molar-refractivity contribution in [1.29, 1.82) is 0 Å². The number of nitrogens with one attached hydrogen (secondary N) is 1. The predicted octanol–water partition coefficient (Wildman–Crippen LogP) is 3.12. The van der Waals surface area contributed by atoms with Crippen LogP contribution in [0.25, 0.3) is 10.9 Å². The summed E-state index contributed by atoms with van der Waals surface area (Å²) in [5, 5.41) is 4.64. The molecule has 0 saturated carbocycles. The van der Waals surface area contributed by atoms with Crippen molar-refractivity contribution < 1.29 is 0 Å². The van der Waals surface area contributed by atoms with Crippen molar-refractivity contribution >= 4 is 10.9 Å². The minimum Gasteiger partial charge on any atom is -0.345 e. The maximum Gasteiger partial charge on any atom is 0.0485 e. The average molecular weight is 230 g/mol. The minimum atomic E-state index is 0.526. The van der Waals surface area contributed by atoms with Crippen molar-refractivity contribution in [2.45, 2.75) is 39.8 Å². The number of hydrogen-bond donors (Lipinski definition) is 1. The molecule has 0 spiro atoms.